The van der Waals surface area contributed by atoms with Crippen LogP contribution in [0.1, 0.15) is 12.8 Å². The fourth-order valence-corrected chi connectivity index (χ4v) is 7.22. The third-order valence-electron chi connectivity index (χ3n) is 7.99. The monoisotopic (exact) mass is 446 g/mol. The first-order chi connectivity index (χ1) is 16.3. The van der Waals surface area contributed by atoms with Crippen molar-refractivity contribution in [1.29, 1.82) is 0 Å². The SMILES string of the molecule is c1ccc(Sc2ccccc2NC2C3CC4(Nc5ccccc5-c5ccccc5)C[C@]324)cc1. The number of benzene rings is 4. The molecule has 0 aromatic heterocycles. The van der Waals surface area contributed by atoms with E-state index in [0.29, 0.717) is 11.5 Å². The molecule has 3 heteroatoms. The molecule has 2 N–H and O–H groups in total. The maximum absolute atomic E-state index is 4.00. The fourth-order valence-electron chi connectivity index (χ4n) is 6.29. The van der Waals surface area contributed by atoms with Crippen LogP contribution in [0.3, 0.4) is 0 Å². The molecule has 0 bridgehead atoms. The van der Waals surface area contributed by atoms with E-state index in [-0.39, 0.29) is 5.54 Å². The number of hydrogen-bond donors (Lipinski definition) is 2. The molecular weight excluding hydrogens is 420 g/mol. The highest BCUT2D eigenvalue weighted by molar-refractivity contribution is 7.99. The maximum atomic E-state index is 4.00. The topological polar surface area (TPSA) is 24.1 Å². The summed E-state index contributed by atoms with van der Waals surface area (Å²) < 4.78 is 0. The quantitative estimate of drug-likeness (QED) is 0.306. The summed E-state index contributed by atoms with van der Waals surface area (Å²) in [7, 11) is 0. The molecule has 1 spiro atoms. The highest BCUT2D eigenvalue weighted by Crippen LogP contribution is 2.90. The first kappa shape index (κ1) is 19.3. The van der Waals surface area contributed by atoms with Gasteiger partial charge in [-0.15, -0.1) is 0 Å². The van der Waals surface area contributed by atoms with E-state index in [1.807, 2.05) is 11.8 Å². The Labute approximate surface area is 199 Å². The van der Waals surface area contributed by atoms with Crippen molar-refractivity contribution in [3.8, 4) is 11.1 Å². The first-order valence-electron chi connectivity index (χ1n) is 11.8. The first-order valence-corrected chi connectivity index (χ1v) is 12.6. The Kier molecular flexibility index (Phi) is 4.19. The number of anilines is 2. The molecule has 4 aromatic rings. The molecule has 0 saturated heterocycles. The summed E-state index contributed by atoms with van der Waals surface area (Å²) in [5.41, 5.74) is 5.81. The van der Waals surface area contributed by atoms with Gasteiger partial charge in [0.25, 0.3) is 0 Å². The smallest absolute Gasteiger partial charge is 0.0484 e. The minimum absolute atomic E-state index is 0.266. The van der Waals surface area contributed by atoms with Crippen LogP contribution in [0.5, 0.6) is 0 Å². The minimum atomic E-state index is 0.266. The predicted molar refractivity (Wildman–Crippen MR) is 138 cm³/mol. The number of nitrogens with one attached hydrogen (secondary N) is 2. The summed E-state index contributed by atoms with van der Waals surface area (Å²) in [5, 5.41) is 7.95. The number of rotatable bonds is 7. The van der Waals surface area contributed by atoms with E-state index in [1.54, 1.807) is 0 Å². The van der Waals surface area contributed by atoms with Gasteiger partial charge in [0.1, 0.15) is 0 Å². The molecule has 3 fully saturated rings. The van der Waals surface area contributed by atoms with Crippen molar-refractivity contribution in [2.45, 2.75) is 34.2 Å². The van der Waals surface area contributed by atoms with Crippen LogP contribution in [-0.2, 0) is 0 Å². The minimum Gasteiger partial charge on any atom is -0.380 e. The van der Waals surface area contributed by atoms with Crippen molar-refractivity contribution in [1.82, 2.24) is 0 Å². The Bertz CT molecular complexity index is 1320. The van der Waals surface area contributed by atoms with Crippen molar-refractivity contribution < 1.29 is 0 Å². The average molecular weight is 447 g/mol. The fraction of sp³-hybridized carbons (Fsp3) is 0.200. The van der Waals surface area contributed by atoms with E-state index >= 15 is 0 Å². The van der Waals surface area contributed by atoms with E-state index in [9.17, 15) is 0 Å². The van der Waals surface area contributed by atoms with Crippen LogP contribution >= 0.6 is 11.8 Å². The molecule has 162 valence electrons. The largest absolute Gasteiger partial charge is 0.380 e. The van der Waals surface area contributed by atoms with Gasteiger partial charge in [-0.25, -0.2) is 0 Å². The highest BCUT2D eigenvalue weighted by Gasteiger charge is 2.94. The Balaban J connectivity index is 1.10. The lowest BCUT2D eigenvalue weighted by molar-refractivity contribution is 0.413. The molecule has 3 aliphatic rings. The van der Waals surface area contributed by atoms with E-state index < -0.39 is 0 Å². The van der Waals surface area contributed by atoms with Gasteiger partial charge in [0.05, 0.1) is 0 Å². The molecule has 2 nitrogen and oxygen atoms in total. The van der Waals surface area contributed by atoms with Gasteiger partial charge in [0.2, 0.25) is 0 Å². The summed E-state index contributed by atoms with van der Waals surface area (Å²) in [6.45, 7) is 0. The Morgan fingerprint density at radius 2 is 1.36 bits per heavy atom. The zero-order valence-electron chi connectivity index (χ0n) is 18.4. The molecule has 3 saturated carbocycles. The van der Waals surface area contributed by atoms with E-state index in [2.05, 4.69) is 120 Å². The van der Waals surface area contributed by atoms with Crippen molar-refractivity contribution >= 4 is 23.1 Å². The summed E-state index contributed by atoms with van der Waals surface area (Å²) in [5.74, 6) is 0.795. The van der Waals surface area contributed by atoms with Crippen LogP contribution in [0.4, 0.5) is 11.4 Å². The van der Waals surface area contributed by atoms with E-state index in [1.165, 1.54) is 45.1 Å². The van der Waals surface area contributed by atoms with Crippen molar-refractivity contribution in [3.05, 3.63) is 109 Å². The van der Waals surface area contributed by atoms with Crippen LogP contribution < -0.4 is 10.6 Å². The summed E-state index contributed by atoms with van der Waals surface area (Å²) >= 11 is 1.84. The molecule has 0 amide bonds. The standard InChI is InChI=1S/C30H26N2S/c1-3-11-21(12-4-1)23-15-7-8-16-25(23)32-29-19-24-28(30(24,29)20-29)31-26-17-9-10-18-27(26)33-22-13-5-2-6-14-22/h1-18,24,28,31-32H,19-20H2/t24?,28?,29?,30-/m0/s1. The molecular formula is C30H26N2S. The third kappa shape index (κ3) is 2.95. The van der Waals surface area contributed by atoms with E-state index in [0.717, 1.165) is 5.92 Å². The normalized spacial score (nSPS) is 28.1. The number of para-hydroxylation sites is 2. The molecule has 4 aromatic carbocycles. The maximum Gasteiger partial charge on any atom is 0.0484 e. The summed E-state index contributed by atoms with van der Waals surface area (Å²) in [4.78, 5) is 2.59. The van der Waals surface area contributed by atoms with Crippen molar-refractivity contribution in [2.24, 2.45) is 11.3 Å². The van der Waals surface area contributed by atoms with Gasteiger partial charge in [-0.1, -0.05) is 90.6 Å². The molecule has 7 rings (SSSR count). The zero-order valence-corrected chi connectivity index (χ0v) is 19.2. The van der Waals surface area contributed by atoms with Gasteiger partial charge >= 0.3 is 0 Å². The third-order valence-corrected chi connectivity index (χ3v) is 9.08. The lowest BCUT2D eigenvalue weighted by Crippen LogP contribution is -2.32. The molecule has 3 aliphatic carbocycles. The zero-order chi connectivity index (χ0) is 21.9. The molecule has 0 aliphatic heterocycles. The Hall–Kier alpha value is -3.17. The molecule has 33 heavy (non-hydrogen) atoms. The second-order valence-electron chi connectivity index (χ2n) is 9.68. The molecule has 4 atom stereocenters. The second-order valence-corrected chi connectivity index (χ2v) is 10.8. The van der Waals surface area contributed by atoms with Crippen LogP contribution in [-0.4, -0.2) is 11.6 Å². The van der Waals surface area contributed by atoms with Crippen molar-refractivity contribution in [2.75, 3.05) is 10.6 Å². The Morgan fingerprint density at radius 1 is 0.697 bits per heavy atom. The summed E-state index contributed by atoms with van der Waals surface area (Å²) in [6.07, 6.45) is 2.54. The van der Waals surface area contributed by atoms with Crippen LogP contribution in [0.25, 0.3) is 11.1 Å². The lowest BCUT2D eigenvalue weighted by Gasteiger charge is -2.28. The van der Waals surface area contributed by atoms with Gasteiger partial charge in [-0.2, -0.15) is 0 Å². The molecule has 3 unspecified atom stereocenters. The summed E-state index contributed by atoms with van der Waals surface area (Å²) in [6, 6.07) is 39.5. The van der Waals surface area contributed by atoms with Gasteiger partial charge < -0.3 is 10.6 Å². The van der Waals surface area contributed by atoms with Crippen LogP contribution in [0.2, 0.25) is 0 Å². The molecule has 0 radical (unpaired) electrons. The second kappa shape index (κ2) is 7.16. The highest BCUT2D eigenvalue weighted by atomic mass is 32.2. The Morgan fingerprint density at radius 3 is 2.15 bits per heavy atom. The van der Waals surface area contributed by atoms with Gasteiger partial charge in [0.15, 0.2) is 0 Å². The predicted octanol–water partition coefficient (Wildman–Crippen LogP) is 7.56. The lowest BCUT2D eigenvalue weighted by atomic mass is 9.92. The van der Waals surface area contributed by atoms with Gasteiger partial charge in [-0.05, 0) is 54.7 Å². The van der Waals surface area contributed by atoms with E-state index in [4.69, 9.17) is 0 Å². The van der Waals surface area contributed by atoms with Crippen molar-refractivity contribution in [3.63, 3.8) is 0 Å². The van der Waals surface area contributed by atoms with Crippen LogP contribution in [0.15, 0.2) is 119 Å². The van der Waals surface area contributed by atoms with Gasteiger partial charge in [-0.3, -0.25) is 0 Å². The number of hydrogen-bond acceptors (Lipinski definition) is 3. The van der Waals surface area contributed by atoms with Gasteiger partial charge in [0, 0.05) is 43.7 Å². The average Bonchev–Trinajstić information content (AvgIpc) is 3.59. The molecule has 0 heterocycles. The van der Waals surface area contributed by atoms with Crippen LogP contribution in [0, 0.1) is 11.3 Å².